The van der Waals surface area contributed by atoms with Crippen molar-refractivity contribution in [3.05, 3.63) is 63.7 Å². The van der Waals surface area contributed by atoms with Gasteiger partial charge in [-0.3, -0.25) is 0 Å². The maximum atomic E-state index is 11.2. The topological polar surface area (TPSA) is 58.6 Å². The number of aliphatic hydroxyl groups is 1. The van der Waals surface area contributed by atoms with Gasteiger partial charge in [0.25, 0.3) is 0 Å². The molecule has 20 heavy (non-hydrogen) atoms. The highest BCUT2D eigenvalue weighted by molar-refractivity contribution is 6.30. The lowest BCUT2D eigenvalue weighted by molar-refractivity contribution is 0.158. The van der Waals surface area contributed by atoms with Crippen LogP contribution >= 0.6 is 11.6 Å². The van der Waals surface area contributed by atoms with Gasteiger partial charge in [0.2, 0.25) is 0 Å². The molecule has 3 nitrogen and oxygen atoms in total. The Morgan fingerprint density at radius 3 is 2.55 bits per heavy atom. The quantitative estimate of drug-likeness (QED) is 0.846. The van der Waals surface area contributed by atoms with E-state index in [1.807, 2.05) is 32.0 Å². The van der Waals surface area contributed by atoms with Gasteiger partial charge in [-0.25, -0.2) is 4.99 Å². The van der Waals surface area contributed by atoms with E-state index in [0.717, 1.165) is 16.7 Å². The van der Waals surface area contributed by atoms with Crippen LogP contribution in [0.3, 0.4) is 0 Å². The molecule has 0 saturated heterocycles. The molecule has 0 radical (unpaired) electrons. The van der Waals surface area contributed by atoms with Crippen molar-refractivity contribution in [2.45, 2.75) is 19.4 Å². The van der Waals surface area contributed by atoms with Crippen LogP contribution in [0.15, 0.2) is 41.4 Å². The molecular formula is C16H15ClN2O. The van der Waals surface area contributed by atoms with E-state index < -0.39 is 5.60 Å². The average molecular weight is 287 g/mol. The van der Waals surface area contributed by atoms with Crippen molar-refractivity contribution in [2.75, 3.05) is 0 Å². The first-order chi connectivity index (χ1) is 9.42. The lowest BCUT2D eigenvalue weighted by Crippen LogP contribution is -2.40. The molecule has 3 rings (SSSR count). The van der Waals surface area contributed by atoms with Crippen molar-refractivity contribution in [3.8, 4) is 0 Å². The molecule has 1 atom stereocenters. The second-order valence-electron chi connectivity index (χ2n) is 5.19. The van der Waals surface area contributed by atoms with Gasteiger partial charge in [0.15, 0.2) is 5.60 Å². The van der Waals surface area contributed by atoms with Crippen molar-refractivity contribution < 1.29 is 5.11 Å². The van der Waals surface area contributed by atoms with E-state index in [-0.39, 0.29) is 5.84 Å². The summed E-state index contributed by atoms with van der Waals surface area (Å²) in [6, 6.07) is 11.1. The molecule has 1 heterocycles. The molecule has 0 saturated carbocycles. The fourth-order valence-electron chi connectivity index (χ4n) is 2.75. The molecule has 0 spiro atoms. The molecule has 0 aliphatic carbocycles. The van der Waals surface area contributed by atoms with Crippen LogP contribution in [0.2, 0.25) is 5.02 Å². The summed E-state index contributed by atoms with van der Waals surface area (Å²) < 4.78 is 0. The summed E-state index contributed by atoms with van der Waals surface area (Å²) in [7, 11) is 0. The second-order valence-corrected chi connectivity index (χ2v) is 5.62. The molecule has 1 aliphatic heterocycles. The summed E-state index contributed by atoms with van der Waals surface area (Å²) in [4.78, 5) is 4.27. The van der Waals surface area contributed by atoms with Gasteiger partial charge in [-0.1, -0.05) is 35.4 Å². The summed E-state index contributed by atoms with van der Waals surface area (Å²) in [6.45, 7) is 3.97. The highest BCUT2D eigenvalue weighted by Gasteiger charge is 2.43. The van der Waals surface area contributed by atoms with Gasteiger partial charge < -0.3 is 10.8 Å². The molecule has 0 amide bonds. The van der Waals surface area contributed by atoms with E-state index in [4.69, 9.17) is 17.3 Å². The van der Waals surface area contributed by atoms with Crippen molar-refractivity contribution in [1.29, 1.82) is 0 Å². The molecule has 3 N–H and O–H groups in total. The molecule has 2 aromatic carbocycles. The first-order valence-electron chi connectivity index (χ1n) is 6.37. The number of hydrogen-bond acceptors (Lipinski definition) is 3. The monoisotopic (exact) mass is 286 g/mol. The maximum absolute atomic E-state index is 11.2. The predicted octanol–water partition coefficient (Wildman–Crippen LogP) is 3.20. The van der Waals surface area contributed by atoms with Gasteiger partial charge in [-0.2, -0.15) is 0 Å². The zero-order valence-electron chi connectivity index (χ0n) is 11.3. The van der Waals surface area contributed by atoms with Crippen LogP contribution in [-0.4, -0.2) is 10.9 Å². The molecule has 0 fully saturated rings. The maximum Gasteiger partial charge on any atom is 0.174 e. The number of amidine groups is 1. The predicted molar refractivity (Wildman–Crippen MR) is 81.6 cm³/mol. The van der Waals surface area contributed by atoms with Gasteiger partial charge in [-0.15, -0.1) is 0 Å². The average Bonchev–Trinajstić information content (AvgIpc) is 2.63. The Morgan fingerprint density at radius 1 is 1.10 bits per heavy atom. The molecule has 1 unspecified atom stereocenters. The van der Waals surface area contributed by atoms with Crippen molar-refractivity contribution in [2.24, 2.45) is 10.7 Å². The first kappa shape index (κ1) is 13.2. The first-order valence-corrected chi connectivity index (χ1v) is 6.75. The number of fused-ring (bicyclic) bond motifs is 1. The molecule has 0 aromatic heterocycles. The summed E-state index contributed by atoms with van der Waals surface area (Å²) in [5, 5.41) is 11.7. The Labute approximate surface area is 122 Å². The minimum Gasteiger partial charge on any atom is -0.384 e. The van der Waals surface area contributed by atoms with E-state index >= 15 is 0 Å². The summed E-state index contributed by atoms with van der Waals surface area (Å²) in [5.41, 5.74) is 8.75. The molecular weight excluding hydrogens is 272 g/mol. The minimum absolute atomic E-state index is 0.182. The molecule has 2 aromatic rings. The number of rotatable bonds is 1. The fraction of sp³-hybridized carbons (Fsp3) is 0.188. The zero-order chi connectivity index (χ0) is 14.5. The fourth-order valence-corrected chi connectivity index (χ4v) is 2.92. The Kier molecular flexibility index (Phi) is 2.85. The molecule has 1 aliphatic rings. The van der Waals surface area contributed by atoms with Crippen LogP contribution < -0.4 is 5.73 Å². The van der Waals surface area contributed by atoms with Gasteiger partial charge in [0, 0.05) is 10.6 Å². The number of nitrogens with two attached hydrogens (primary N) is 1. The van der Waals surface area contributed by atoms with Crippen molar-refractivity contribution in [1.82, 2.24) is 0 Å². The third kappa shape index (κ3) is 1.74. The smallest absolute Gasteiger partial charge is 0.174 e. The number of aliphatic imine (C=N–C) groups is 1. The number of benzene rings is 2. The lowest BCUT2D eigenvalue weighted by Gasteiger charge is -2.26. The second kappa shape index (κ2) is 4.33. The molecule has 0 bridgehead atoms. The standard InChI is InChI=1S/C16H15ClN2O/c1-9-3-5-12(10(2)7-9)16(20)13-8-11(17)4-6-14(13)19-15(16)18/h3-8,20H,1-2H3,(H2,18,19). The van der Waals surface area contributed by atoms with Gasteiger partial charge in [0.05, 0.1) is 5.69 Å². The van der Waals surface area contributed by atoms with Gasteiger partial charge in [-0.05, 0) is 43.2 Å². The lowest BCUT2D eigenvalue weighted by atomic mass is 9.83. The minimum atomic E-state index is -1.40. The van der Waals surface area contributed by atoms with Crippen LogP contribution in [0.1, 0.15) is 22.3 Å². The Balaban J connectivity index is 2.27. The Hall–Kier alpha value is -1.84. The van der Waals surface area contributed by atoms with Crippen molar-refractivity contribution in [3.63, 3.8) is 0 Å². The van der Waals surface area contributed by atoms with Crippen LogP contribution in [0.4, 0.5) is 5.69 Å². The number of nitrogens with zero attached hydrogens (tertiary/aromatic N) is 1. The number of aryl methyl sites for hydroxylation is 2. The third-order valence-corrected chi connectivity index (χ3v) is 3.97. The zero-order valence-corrected chi connectivity index (χ0v) is 12.1. The molecule has 102 valence electrons. The van der Waals surface area contributed by atoms with Gasteiger partial charge >= 0.3 is 0 Å². The van der Waals surface area contributed by atoms with Crippen LogP contribution in [0.5, 0.6) is 0 Å². The third-order valence-electron chi connectivity index (χ3n) is 3.73. The van der Waals surface area contributed by atoms with Crippen LogP contribution in [0.25, 0.3) is 0 Å². The van der Waals surface area contributed by atoms with Crippen LogP contribution in [0, 0.1) is 13.8 Å². The van der Waals surface area contributed by atoms with Gasteiger partial charge in [0.1, 0.15) is 5.84 Å². The normalized spacial score (nSPS) is 20.7. The largest absolute Gasteiger partial charge is 0.384 e. The summed E-state index contributed by atoms with van der Waals surface area (Å²) >= 11 is 6.05. The SMILES string of the molecule is Cc1ccc(C2(O)C(N)=Nc3ccc(Cl)cc32)c(C)c1. The number of halogens is 1. The van der Waals surface area contributed by atoms with E-state index in [2.05, 4.69) is 4.99 Å². The summed E-state index contributed by atoms with van der Waals surface area (Å²) in [6.07, 6.45) is 0. The van der Waals surface area contributed by atoms with E-state index in [9.17, 15) is 5.11 Å². The highest BCUT2D eigenvalue weighted by atomic mass is 35.5. The van der Waals surface area contributed by atoms with E-state index in [0.29, 0.717) is 16.3 Å². The summed E-state index contributed by atoms with van der Waals surface area (Å²) in [5.74, 6) is 0.182. The Morgan fingerprint density at radius 2 is 1.85 bits per heavy atom. The van der Waals surface area contributed by atoms with Crippen LogP contribution in [-0.2, 0) is 5.60 Å². The number of hydrogen-bond donors (Lipinski definition) is 2. The van der Waals surface area contributed by atoms with E-state index in [1.165, 1.54) is 0 Å². The molecule has 4 heteroatoms. The Bertz CT molecular complexity index is 739. The van der Waals surface area contributed by atoms with E-state index in [1.54, 1.807) is 18.2 Å². The van der Waals surface area contributed by atoms with Crippen molar-refractivity contribution >= 4 is 23.1 Å². The highest BCUT2D eigenvalue weighted by Crippen LogP contribution is 2.43.